The summed E-state index contributed by atoms with van der Waals surface area (Å²) in [5, 5.41) is 12.6. The summed E-state index contributed by atoms with van der Waals surface area (Å²) in [6, 6.07) is 0. The van der Waals surface area contributed by atoms with E-state index < -0.39 is 0 Å². The predicted octanol–water partition coefficient (Wildman–Crippen LogP) is -0.548. The Balaban J connectivity index is 2.21. The van der Waals surface area contributed by atoms with Gasteiger partial charge in [0, 0.05) is 26.7 Å². The van der Waals surface area contributed by atoms with Crippen LogP contribution in [0, 0.1) is 5.92 Å². The number of aliphatic hydroxyl groups is 1. The van der Waals surface area contributed by atoms with Crippen molar-refractivity contribution in [3.63, 3.8) is 0 Å². The fraction of sp³-hybridized carbons (Fsp3) is 0.909. The maximum atomic E-state index is 11.8. The number of nitrogens with zero attached hydrogens (tertiary/aromatic N) is 1. The highest BCUT2D eigenvalue weighted by atomic mass is 16.5. The van der Waals surface area contributed by atoms with Crippen molar-refractivity contribution >= 4 is 5.91 Å². The van der Waals surface area contributed by atoms with Crippen molar-refractivity contribution in [1.82, 2.24) is 10.2 Å². The minimum Gasteiger partial charge on any atom is -0.393 e. The van der Waals surface area contributed by atoms with Gasteiger partial charge in [-0.05, 0) is 12.3 Å². The molecule has 0 aromatic carbocycles. The number of ether oxygens (including phenoxy) is 1. The number of likely N-dealkylation sites (tertiary alicyclic amines) is 1. The fourth-order valence-corrected chi connectivity index (χ4v) is 1.84. The van der Waals surface area contributed by atoms with Gasteiger partial charge in [-0.25, -0.2) is 0 Å². The third-order valence-electron chi connectivity index (χ3n) is 2.97. The second kappa shape index (κ2) is 6.83. The molecule has 0 radical (unpaired) electrons. The average Bonchev–Trinajstić information content (AvgIpc) is 2.28. The third kappa shape index (κ3) is 4.08. The van der Waals surface area contributed by atoms with Crippen LogP contribution >= 0.6 is 0 Å². The molecular formula is C11H22N2O3. The summed E-state index contributed by atoms with van der Waals surface area (Å²) < 4.78 is 4.88. The van der Waals surface area contributed by atoms with E-state index in [-0.39, 0.29) is 17.9 Å². The van der Waals surface area contributed by atoms with Crippen LogP contribution in [-0.2, 0) is 9.53 Å². The maximum Gasteiger partial charge on any atom is 0.236 e. The van der Waals surface area contributed by atoms with Gasteiger partial charge in [0.2, 0.25) is 5.91 Å². The lowest BCUT2D eigenvalue weighted by Gasteiger charge is -2.34. The van der Waals surface area contributed by atoms with Crippen LogP contribution < -0.4 is 5.32 Å². The first kappa shape index (κ1) is 13.4. The van der Waals surface area contributed by atoms with Gasteiger partial charge in [0.15, 0.2) is 0 Å². The van der Waals surface area contributed by atoms with Crippen LogP contribution in [0.3, 0.4) is 0 Å². The van der Waals surface area contributed by atoms with Gasteiger partial charge in [-0.2, -0.15) is 0 Å². The zero-order valence-corrected chi connectivity index (χ0v) is 10.1. The highest BCUT2D eigenvalue weighted by Crippen LogP contribution is 2.16. The Morgan fingerprint density at radius 3 is 3.00 bits per heavy atom. The minimum atomic E-state index is -0.259. The maximum absolute atomic E-state index is 11.8. The van der Waals surface area contributed by atoms with Crippen molar-refractivity contribution in [2.24, 2.45) is 5.92 Å². The molecule has 0 saturated carbocycles. The van der Waals surface area contributed by atoms with Gasteiger partial charge < -0.3 is 20.1 Å². The molecule has 0 aromatic heterocycles. The van der Waals surface area contributed by atoms with Gasteiger partial charge in [-0.1, -0.05) is 6.92 Å². The van der Waals surface area contributed by atoms with Gasteiger partial charge in [-0.3, -0.25) is 4.79 Å². The molecule has 1 heterocycles. The topological polar surface area (TPSA) is 61.8 Å². The lowest BCUT2D eigenvalue weighted by molar-refractivity contribution is -0.133. The van der Waals surface area contributed by atoms with Gasteiger partial charge >= 0.3 is 0 Å². The normalized spacial score (nSPS) is 25.8. The van der Waals surface area contributed by atoms with Crippen LogP contribution in [-0.4, -0.2) is 61.9 Å². The number of rotatable bonds is 5. The molecule has 16 heavy (non-hydrogen) atoms. The molecule has 2 N–H and O–H groups in total. The summed E-state index contributed by atoms with van der Waals surface area (Å²) in [7, 11) is 1.64. The molecule has 1 fully saturated rings. The van der Waals surface area contributed by atoms with Crippen molar-refractivity contribution in [2.75, 3.05) is 39.9 Å². The van der Waals surface area contributed by atoms with Gasteiger partial charge in [-0.15, -0.1) is 0 Å². The molecule has 1 amide bonds. The smallest absolute Gasteiger partial charge is 0.236 e. The second-order valence-corrected chi connectivity index (χ2v) is 4.34. The molecule has 0 bridgehead atoms. The van der Waals surface area contributed by atoms with Crippen molar-refractivity contribution in [2.45, 2.75) is 19.4 Å². The van der Waals surface area contributed by atoms with Crippen LogP contribution in [0.4, 0.5) is 0 Å². The molecule has 2 unspecified atom stereocenters. The van der Waals surface area contributed by atoms with Gasteiger partial charge in [0.1, 0.15) is 0 Å². The Morgan fingerprint density at radius 2 is 2.38 bits per heavy atom. The van der Waals surface area contributed by atoms with E-state index in [2.05, 4.69) is 5.32 Å². The first-order valence-electron chi connectivity index (χ1n) is 5.80. The molecule has 1 saturated heterocycles. The van der Waals surface area contributed by atoms with E-state index in [9.17, 15) is 9.90 Å². The standard InChI is InChI=1S/C11H22N2O3/c1-9-8-13(5-3-10(9)14)11(15)7-12-4-6-16-2/h9-10,12,14H,3-8H2,1-2H3. The number of piperidine rings is 1. The lowest BCUT2D eigenvalue weighted by atomic mass is 9.97. The number of methoxy groups -OCH3 is 1. The summed E-state index contributed by atoms with van der Waals surface area (Å²) >= 11 is 0. The van der Waals surface area contributed by atoms with E-state index in [0.29, 0.717) is 39.2 Å². The summed E-state index contributed by atoms with van der Waals surface area (Å²) in [4.78, 5) is 13.6. The number of hydrogen-bond acceptors (Lipinski definition) is 4. The molecule has 1 aliphatic heterocycles. The predicted molar refractivity (Wildman–Crippen MR) is 61.1 cm³/mol. The number of hydrogen-bond donors (Lipinski definition) is 2. The molecule has 1 aliphatic rings. The molecule has 5 heteroatoms. The summed E-state index contributed by atoms with van der Waals surface area (Å²) in [6.45, 7) is 4.95. The van der Waals surface area contributed by atoms with E-state index in [1.165, 1.54) is 0 Å². The van der Waals surface area contributed by atoms with E-state index in [4.69, 9.17) is 4.74 Å². The minimum absolute atomic E-state index is 0.106. The third-order valence-corrected chi connectivity index (χ3v) is 2.97. The second-order valence-electron chi connectivity index (χ2n) is 4.34. The zero-order chi connectivity index (χ0) is 12.0. The van der Waals surface area contributed by atoms with Crippen molar-refractivity contribution in [1.29, 1.82) is 0 Å². The Kier molecular flexibility index (Phi) is 5.73. The quantitative estimate of drug-likeness (QED) is 0.622. The van der Waals surface area contributed by atoms with Gasteiger partial charge in [0.25, 0.3) is 0 Å². The monoisotopic (exact) mass is 230 g/mol. The summed E-state index contributed by atoms with van der Waals surface area (Å²) in [6.07, 6.45) is 0.427. The van der Waals surface area contributed by atoms with E-state index in [1.54, 1.807) is 7.11 Å². The molecule has 0 aromatic rings. The molecular weight excluding hydrogens is 208 g/mol. The molecule has 94 valence electrons. The van der Waals surface area contributed by atoms with Crippen molar-refractivity contribution in [3.05, 3.63) is 0 Å². The Bertz CT molecular complexity index is 223. The number of nitrogens with one attached hydrogen (secondary N) is 1. The van der Waals surface area contributed by atoms with Crippen LogP contribution in [0.25, 0.3) is 0 Å². The number of carbonyl (C=O) groups is 1. The molecule has 1 rings (SSSR count). The van der Waals surface area contributed by atoms with Crippen LogP contribution in [0.1, 0.15) is 13.3 Å². The Labute approximate surface area is 96.8 Å². The highest BCUT2D eigenvalue weighted by Gasteiger charge is 2.26. The lowest BCUT2D eigenvalue weighted by Crippen LogP contribution is -2.47. The first-order valence-corrected chi connectivity index (χ1v) is 5.80. The van der Waals surface area contributed by atoms with Crippen LogP contribution in [0.15, 0.2) is 0 Å². The number of carbonyl (C=O) groups excluding carboxylic acids is 1. The van der Waals surface area contributed by atoms with E-state index in [0.717, 1.165) is 0 Å². The fourth-order valence-electron chi connectivity index (χ4n) is 1.84. The zero-order valence-electron chi connectivity index (χ0n) is 10.1. The Morgan fingerprint density at radius 1 is 1.62 bits per heavy atom. The molecule has 5 nitrogen and oxygen atoms in total. The van der Waals surface area contributed by atoms with E-state index >= 15 is 0 Å². The summed E-state index contributed by atoms with van der Waals surface area (Å²) in [5.41, 5.74) is 0. The largest absolute Gasteiger partial charge is 0.393 e. The van der Waals surface area contributed by atoms with E-state index in [1.807, 2.05) is 11.8 Å². The van der Waals surface area contributed by atoms with Crippen LogP contribution in [0.2, 0.25) is 0 Å². The SMILES string of the molecule is COCCNCC(=O)N1CCC(O)C(C)C1. The Hall–Kier alpha value is -0.650. The molecule has 0 aliphatic carbocycles. The molecule has 2 atom stereocenters. The van der Waals surface area contributed by atoms with Crippen molar-refractivity contribution in [3.8, 4) is 0 Å². The van der Waals surface area contributed by atoms with Gasteiger partial charge in [0.05, 0.1) is 19.3 Å². The summed E-state index contributed by atoms with van der Waals surface area (Å²) in [5.74, 6) is 0.284. The number of aliphatic hydroxyl groups excluding tert-OH is 1. The highest BCUT2D eigenvalue weighted by molar-refractivity contribution is 5.78. The molecule has 0 spiro atoms. The van der Waals surface area contributed by atoms with Crippen LogP contribution in [0.5, 0.6) is 0 Å². The average molecular weight is 230 g/mol. The number of amides is 1. The first-order chi connectivity index (χ1) is 7.65. The van der Waals surface area contributed by atoms with Crippen molar-refractivity contribution < 1.29 is 14.6 Å².